The Kier molecular flexibility index (Phi) is 3.65. The summed E-state index contributed by atoms with van der Waals surface area (Å²) < 4.78 is 28.3. The Morgan fingerprint density at radius 1 is 1.08 bits per heavy atom. The molecule has 3 N–H and O–H groups in total. The number of H-pyrrole nitrogens is 1. The number of aromatic amines is 1. The minimum Gasteiger partial charge on any atom is -0.396 e. The Morgan fingerprint density at radius 2 is 1.85 bits per heavy atom. The number of ketones is 1. The lowest BCUT2D eigenvalue weighted by Gasteiger charge is -2.06. The van der Waals surface area contributed by atoms with E-state index in [1.807, 2.05) is 0 Å². The third-order valence-electron chi connectivity index (χ3n) is 4.02. The molecule has 3 heterocycles. The average molecular weight is 351 g/mol. The molecule has 26 heavy (non-hydrogen) atoms. The lowest BCUT2D eigenvalue weighted by Crippen LogP contribution is -2.09. The van der Waals surface area contributed by atoms with Crippen molar-refractivity contribution in [3.63, 3.8) is 0 Å². The van der Waals surface area contributed by atoms with Crippen LogP contribution in [0, 0.1) is 11.6 Å². The summed E-state index contributed by atoms with van der Waals surface area (Å²) in [5, 5.41) is 0.428. The zero-order valence-electron chi connectivity index (χ0n) is 13.2. The van der Waals surface area contributed by atoms with E-state index < -0.39 is 23.0 Å². The zero-order valence-corrected chi connectivity index (χ0v) is 13.2. The van der Waals surface area contributed by atoms with E-state index in [-0.39, 0.29) is 11.3 Å². The van der Waals surface area contributed by atoms with Crippen LogP contribution in [0.1, 0.15) is 15.9 Å². The molecule has 1 aromatic carbocycles. The Labute approximate surface area is 145 Å². The number of aromatic nitrogens is 4. The van der Waals surface area contributed by atoms with Gasteiger partial charge in [0.05, 0.1) is 11.3 Å². The van der Waals surface area contributed by atoms with Gasteiger partial charge in [-0.3, -0.25) is 4.79 Å². The van der Waals surface area contributed by atoms with E-state index in [1.54, 1.807) is 24.7 Å². The standard InChI is InChI=1S/C18H11F2N5O/c19-13-1-2-14(21)16(20)15(13)17(26)12-7-25-18-11(12)3-9(6-24-18)10-4-22-8-23-5-10/h1-8H,21H2,(H,24,25). The van der Waals surface area contributed by atoms with E-state index in [9.17, 15) is 13.6 Å². The number of nitrogens with zero attached hydrogens (tertiary/aromatic N) is 3. The van der Waals surface area contributed by atoms with E-state index in [1.165, 1.54) is 12.5 Å². The van der Waals surface area contributed by atoms with Crippen LogP contribution in [0.4, 0.5) is 14.5 Å². The monoisotopic (exact) mass is 351 g/mol. The largest absolute Gasteiger partial charge is 0.396 e. The van der Waals surface area contributed by atoms with Crippen LogP contribution in [0.3, 0.4) is 0 Å². The summed E-state index contributed by atoms with van der Waals surface area (Å²) in [6, 6.07) is 3.73. The summed E-state index contributed by atoms with van der Waals surface area (Å²) in [4.78, 5) is 27.7. The van der Waals surface area contributed by atoms with Crippen LogP contribution >= 0.6 is 0 Å². The quantitative estimate of drug-likeness (QED) is 0.437. The molecule has 3 aromatic heterocycles. The predicted octanol–water partition coefficient (Wildman–Crippen LogP) is 3.11. The average Bonchev–Trinajstić information content (AvgIpc) is 3.09. The molecule has 4 aromatic rings. The highest BCUT2D eigenvalue weighted by Gasteiger charge is 2.23. The molecule has 6 nitrogen and oxygen atoms in total. The Morgan fingerprint density at radius 3 is 2.62 bits per heavy atom. The third kappa shape index (κ3) is 2.48. The number of halogens is 2. The summed E-state index contributed by atoms with van der Waals surface area (Å²) in [6.07, 6.45) is 7.55. The number of pyridine rings is 1. The van der Waals surface area contributed by atoms with Crippen LogP contribution in [-0.4, -0.2) is 25.7 Å². The van der Waals surface area contributed by atoms with Gasteiger partial charge in [-0.2, -0.15) is 0 Å². The van der Waals surface area contributed by atoms with Gasteiger partial charge in [-0.25, -0.2) is 23.7 Å². The normalized spacial score (nSPS) is 11.0. The van der Waals surface area contributed by atoms with Crippen molar-refractivity contribution < 1.29 is 13.6 Å². The first-order valence-electron chi connectivity index (χ1n) is 7.57. The molecule has 0 amide bonds. The number of rotatable bonds is 3. The molecular formula is C18H11F2N5O. The van der Waals surface area contributed by atoms with E-state index in [4.69, 9.17) is 5.73 Å². The number of carbonyl (C=O) groups excluding carboxylic acids is 1. The topological polar surface area (TPSA) is 97.6 Å². The SMILES string of the molecule is Nc1ccc(F)c(C(=O)c2c[nH]c3ncc(-c4cncnc4)cc23)c1F. The Bertz CT molecular complexity index is 1140. The minimum atomic E-state index is -1.08. The van der Waals surface area contributed by atoms with Gasteiger partial charge in [0.1, 0.15) is 17.8 Å². The van der Waals surface area contributed by atoms with Gasteiger partial charge in [-0.1, -0.05) is 0 Å². The summed E-state index contributed by atoms with van der Waals surface area (Å²) >= 11 is 0. The predicted molar refractivity (Wildman–Crippen MR) is 91.3 cm³/mol. The molecule has 0 atom stereocenters. The number of fused-ring (bicyclic) bond motifs is 1. The molecule has 8 heteroatoms. The number of hydrogen-bond acceptors (Lipinski definition) is 5. The van der Waals surface area contributed by atoms with E-state index in [0.29, 0.717) is 22.2 Å². The van der Waals surface area contributed by atoms with E-state index >= 15 is 0 Å². The van der Waals surface area contributed by atoms with Crippen LogP contribution in [-0.2, 0) is 0 Å². The smallest absolute Gasteiger partial charge is 0.201 e. The van der Waals surface area contributed by atoms with Crippen molar-refractivity contribution in [2.75, 3.05) is 5.73 Å². The van der Waals surface area contributed by atoms with E-state index in [2.05, 4.69) is 19.9 Å². The number of carbonyl (C=O) groups is 1. The van der Waals surface area contributed by atoms with Gasteiger partial charge in [0, 0.05) is 46.9 Å². The van der Waals surface area contributed by atoms with Gasteiger partial charge in [0.25, 0.3) is 0 Å². The van der Waals surface area contributed by atoms with Crippen molar-refractivity contribution in [2.24, 2.45) is 0 Å². The molecule has 0 spiro atoms. The zero-order chi connectivity index (χ0) is 18.3. The van der Waals surface area contributed by atoms with Crippen LogP contribution in [0.5, 0.6) is 0 Å². The molecule has 0 aliphatic rings. The molecule has 0 saturated carbocycles. The molecule has 128 valence electrons. The molecule has 0 unspecified atom stereocenters. The molecule has 0 aliphatic heterocycles. The van der Waals surface area contributed by atoms with Crippen molar-refractivity contribution >= 4 is 22.5 Å². The van der Waals surface area contributed by atoms with Gasteiger partial charge >= 0.3 is 0 Å². The number of benzene rings is 1. The number of hydrogen-bond donors (Lipinski definition) is 2. The number of nitrogens with two attached hydrogens (primary N) is 1. The summed E-state index contributed by atoms with van der Waals surface area (Å²) in [7, 11) is 0. The van der Waals surface area contributed by atoms with Crippen LogP contribution in [0.25, 0.3) is 22.2 Å². The van der Waals surface area contributed by atoms with Gasteiger partial charge in [0.15, 0.2) is 5.82 Å². The van der Waals surface area contributed by atoms with Crippen LogP contribution in [0.2, 0.25) is 0 Å². The van der Waals surface area contributed by atoms with Gasteiger partial charge in [0.2, 0.25) is 5.78 Å². The molecule has 0 radical (unpaired) electrons. The Balaban J connectivity index is 1.88. The van der Waals surface area contributed by atoms with Gasteiger partial charge in [-0.05, 0) is 18.2 Å². The third-order valence-corrected chi connectivity index (χ3v) is 4.02. The molecule has 0 bridgehead atoms. The minimum absolute atomic E-state index is 0.0922. The van der Waals surface area contributed by atoms with Crippen LogP contribution in [0.15, 0.2) is 49.3 Å². The fourth-order valence-corrected chi connectivity index (χ4v) is 2.71. The summed E-state index contributed by atoms with van der Waals surface area (Å²) in [6.45, 7) is 0. The highest BCUT2D eigenvalue weighted by molar-refractivity contribution is 6.16. The van der Waals surface area contributed by atoms with Crippen molar-refractivity contribution in [3.05, 3.63) is 72.1 Å². The maximum absolute atomic E-state index is 14.2. The highest BCUT2D eigenvalue weighted by atomic mass is 19.1. The first-order chi connectivity index (χ1) is 12.6. The summed E-state index contributed by atoms with van der Waals surface area (Å²) in [5.41, 5.74) is 6.35. The lowest BCUT2D eigenvalue weighted by atomic mass is 10.0. The van der Waals surface area contributed by atoms with Gasteiger partial charge < -0.3 is 10.7 Å². The van der Waals surface area contributed by atoms with E-state index in [0.717, 1.165) is 12.1 Å². The fourth-order valence-electron chi connectivity index (χ4n) is 2.71. The van der Waals surface area contributed by atoms with Crippen molar-refractivity contribution in [1.82, 2.24) is 19.9 Å². The number of anilines is 1. The maximum Gasteiger partial charge on any atom is 0.201 e. The lowest BCUT2D eigenvalue weighted by molar-refractivity contribution is 0.103. The second kappa shape index (κ2) is 5.99. The number of nitrogen functional groups attached to an aromatic ring is 1. The number of nitrogens with one attached hydrogen (secondary N) is 1. The molecule has 4 rings (SSSR count). The molecular weight excluding hydrogens is 340 g/mol. The molecule has 0 aliphatic carbocycles. The van der Waals surface area contributed by atoms with Crippen molar-refractivity contribution in [3.8, 4) is 11.1 Å². The summed E-state index contributed by atoms with van der Waals surface area (Å²) in [5.74, 6) is -2.87. The highest BCUT2D eigenvalue weighted by Crippen LogP contribution is 2.28. The van der Waals surface area contributed by atoms with Crippen molar-refractivity contribution in [2.45, 2.75) is 0 Å². The fraction of sp³-hybridized carbons (Fsp3) is 0. The van der Waals surface area contributed by atoms with Gasteiger partial charge in [-0.15, -0.1) is 0 Å². The second-order valence-electron chi connectivity index (χ2n) is 5.60. The van der Waals surface area contributed by atoms with Crippen molar-refractivity contribution in [1.29, 1.82) is 0 Å². The molecule has 0 saturated heterocycles. The second-order valence-corrected chi connectivity index (χ2v) is 5.60. The Hall–Kier alpha value is -3.68. The molecule has 0 fully saturated rings. The maximum atomic E-state index is 14.2. The first kappa shape index (κ1) is 15.8. The van der Waals surface area contributed by atoms with Crippen LogP contribution < -0.4 is 5.73 Å². The first-order valence-corrected chi connectivity index (χ1v) is 7.57.